The molecule has 0 saturated carbocycles. The molecule has 1 fully saturated rings. The van der Waals surface area contributed by atoms with E-state index >= 15 is 0 Å². The van der Waals surface area contributed by atoms with Crippen LogP contribution >= 0.6 is 0 Å². The number of hydrogen-bond donors (Lipinski definition) is 1. The van der Waals surface area contributed by atoms with E-state index in [-0.39, 0.29) is 6.04 Å². The summed E-state index contributed by atoms with van der Waals surface area (Å²) in [6.45, 7) is 5.56. The first-order valence-electron chi connectivity index (χ1n) is 6.16. The van der Waals surface area contributed by atoms with Crippen LogP contribution in [0.15, 0.2) is 24.4 Å². The van der Waals surface area contributed by atoms with Gasteiger partial charge in [-0.15, -0.1) is 0 Å². The molecule has 18 heavy (non-hydrogen) atoms. The van der Waals surface area contributed by atoms with E-state index < -0.39 is 15.3 Å². The van der Waals surface area contributed by atoms with Crippen LogP contribution in [-0.2, 0) is 10.0 Å². The first-order valence-corrected chi connectivity index (χ1v) is 7.66. The molecule has 2 rings (SSSR count). The molecule has 5 nitrogen and oxygen atoms in total. The van der Waals surface area contributed by atoms with Gasteiger partial charge in [0.25, 0.3) is 0 Å². The molecule has 0 aromatic carbocycles. The first kappa shape index (κ1) is 13.5. The molecule has 2 atom stereocenters. The number of nitrogens with one attached hydrogen (secondary N) is 1. The van der Waals surface area contributed by atoms with E-state index in [1.54, 1.807) is 29.6 Å². The molecule has 6 heteroatoms. The molecule has 0 bridgehead atoms. The topological polar surface area (TPSA) is 62.3 Å². The number of nitrogens with zero attached hydrogens (tertiary/aromatic N) is 2. The van der Waals surface area contributed by atoms with Gasteiger partial charge in [0, 0.05) is 31.9 Å². The van der Waals surface area contributed by atoms with Gasteiger partial charge in [0.05, 0.1) is 5.69 Å². The lowest BCUT2D eigenvalue weighted by Gasteiger charge is -2.34. The van der Waals surface area contributed by atoms with E-state index in [1.807, 2.05) is 13.0 Å². The van der Waals surface area contributed by atoms with Gasteiger partial charge in [0.1, 0.15) is 5.25 Å². The highest BCUT2D eigenvalue weighted by atomic mass is 32.2. The summed E-state index contributed by atoms with van der Waals surface area (Å²) in [7, 11) is -3.33. The third-order valence-electron chi connectivity index (χ3n) is 3.32. The molecule has 1 aliphatic rings. The number of piperazine rings is 1. The van der Waals surface area contributed by atoms with Crippen LogP contribution in [0.2, 0.25) is 0 Å². The van der Waals surface area contributed by atoms with Crippen LogP contribution in [-0.4, -0.2) is 43.4 Å². The summed E-state index contributed by atoms with van der Waals surface area (Å²) in [5.41, 5.74) is 0.600. The lowest BCUT2D eigenvalue weighted by atomic mass is 10.3. The van der Waals surface area contributed by atoms with Crippen molar-refractivity contribution in [1.29, 1.82) is 0 Å². The van der Waals surface area contributed by atoms with Gasteiger partial charge in [-0.2, -0.15) is 4.31 Å². The molecule has 1 N–H and O–H groups in total. The second-order valence-corrected chi connectivity index (χ2v) is 6.81. The van der Waals surface area contributed by atoms with E-state index in [0.717, 1.165) is 0 Å². The lowest BCUT2D eigenvalue weighted by molar-refractivity contribution is 0.281. The Morgan fingerprint density at radius 2 is 2.28 bits per heavy atom. The van der Waals surface area contributed by atoms with Crippen molar-refractivity contribution in [2.45, 2.75) is 25.1 Å². The van der Waals surface area contributed by atoms with Crippen molar-refractivity contribution >= 4 is 10.0 Å². The lowest BCUT2D eigenvalue weighted by Crippen LogP contribution is -2.53. The second kappa shape index (κ2) is 5.34. The Kier molecular flexibility index (Phi) is 3.99. The van der Waals surface area contributed by atoms with Crippen LogP contribution in [0.1, 0.15) is 24.8 Å². The van der Waals surface area contributed by atoms with E-state index in [2.05, 4.69) is 10.3 Å². The maximum Gasteiger partial charge on any atom is 0.222 e. The molecule has 1 aromatic rings. The highest BCUT2D eigenvalue weighted by Gasteiger charge is 2.34. The van der Waals surface area contributed by atoms with Crippen LogP contribution in [0.3, 0.4) is 0 Å². The molecule has 0 radical (unpaired) electrons. The maximum absolute atomic E-state index is 12.6. The van der Waals surface area contributed by atoms with Crippen LogP contribution in [0, 0.1) is 0 Å². The van der Waals surface area contributed by atoms with Gasteiger partial charge in [-0.3, -0.25) is 4.98 Å². The van der Waals surface area contributed by atoms with Crippen LogP contribution in [0.25, 0.3) is 0 Å². The van der Waals surface area contributed by atoms with Crippen molar-refractivity contribution in [3.05, 3.63) is 30.1 Å². The summed E-state index contributed by atoms with van der Waals surface area (Å²) < 4.78 is 26.7. The smallest absolute Gasteiger partial charge is 0.222 e. The van der Waals surface area contributed by atoms with Gasteiger partial charge >= 0.3 is 0 Å². The molecule has 1 aliphatic heterocycles. The molecule has 1 aromatic heterocycles. The zero-order valence-corrected chi connectivity index (χ0v) is 11.5. The average molecular weight is 269 g/mol. The van der Waals surface area contributed by atoms with Gasteiger partial charge in [-0.05, 0) is 26.0 Å². The van der Waals surface area contributed by atoms with Crippen LogP contribution < -0.4 is 5.32 Å². The van der Waals surface area contributed by atoms with Gasteiger partial charge in [0.15, 0.2) is 0 Å². The Morgan fingerprint density at radius 1 is 1.50 bits per heavy atom. The Morgan fingerprint density at radius 3 is 2.89 bits per heavy atom. The van der Waals surface area contributed by atoms with Crippen LogP contribution in [0.5, 0.6) is 0 Å². The average Bonchev–Trinajstić information content (AvgIpc) is 2.39. The number of pyridine rings is 1. The molecule has 0 unspecified atom stereocenters. The van der Waals surface area contributed by atoms with Crippen molar-refractivity contribution in [3.63, 3.8) is 0 Å². The SMILES string of the molecule is C[C@@H]1CNCCN1S(=O)(=O)[C@@H](C)c1ccccn1. The summed E-state index contributed by atoms with van der Waals surface area (Å²) in [6.07, 6.45) is 1.63. The summed E-state index contributed by atoms with van der Waals surface area (Å²) in [5, 5.41) is 2.60. The van der Waals surface area contributed by atoms with Gasteiger partial charge < -0.3 is 5.32 Å². The number of rotatable bonds is 3. The molecular formula is C12H19N3O2S. The molecule has 0 aliphatic carbocycles. The Balaban J connectivity index is 2.25. The zero-order valence-electron chi connectivity index (χ0n) is 10.7. The summed E-state index contributed by atoms with van der Waals surface area (Å²) in [5.74, 6) is 0. The van der Waals surface area contributed by atoms with E-state index in [9.17, 15) is 8.42 Å². The fourth-order valence-electron chi connectivity index (χ4n) is 2.17. The predicted molar refractivity (Wildman–Crippen MR) is 70.6 cm³/mol. The molecule has 0 spiro atoms. The Labute approximate surface area is 108 Å². The monoisotopic (exact) mass is 269 g/mol. The molecule has 2 heterocycles. The summed E-state index contributed by atoms with van der Waals surface area (Å²) >= 11 is 0. The van der Waals surface area contributed by atoms with Crippen molar-refractivity contribution in [2.24, 2.45) is 0 Å². The summed E-state index contributed by atoms with van der Waals surface area (Å²) in [4.78, 5) is 4.14. The highest BCUT2D eigenvalue weighted by Crippen LogP contribution is 2.25. The van der Waals surface area contributed by atoms with Crippen LogP contribution in [0.4, 0.5) is 0 Å². The normalized spacial score (nSPS) is 23.8. The number of aromatic nitrogens is 1. The van der Waals surface area contributed by atoms with Gasteiger partial charge in [0.2, 0.25) is 10.0 Å². The van der Waals surface area contributed by atoms with Crippen molar-refractivity contribution in [3.8, 4) is 0 Å². The van der Waals surface area contributed by atoms with E-state index in [1.165, 1.54) is 0 Å². The Hall–Kier alpha value is -0.980. The maximum atomic E-state index is 12.6. The van der Waals surface area contributed by atoms with Gasteiger partial charge in [-0.1, -0.05) is 6.07 Å². The largest absolute Gasteiger partial charge is 0.314 e. The van der Waals surface area contributed by atoms with Crippen molar-refractivity contribution in [2.75, 3.05) is 19.6 Å². The third-order valence-corrected chi connectivity index (χ3v) is 5.65. The minimum Gasteiger partial charge on any atom is -0.314 e. The first-order chi connectivity index (χ1) is 8.53. The second-order valence-electron chi connectivity index (χ2n) is 4.61. The zero-order chi connectivity index (χ0) is 13.2. The highest BCUT2D eigenvalue weighted by molar-refractivity contribution is 7.89. The summed E-state index contributed by atoms with van der Waals surface area (Å²) in [6, 6.07) is 5.36. The number of hydrogen-bond acceptors (Lipinski definition) is 4. The van der Waals surface area contributed by atoms with Crippen molar-refractivity contribution < 1.29 is 8.42 Å². The van der Waals surface area contributed by atoms with E-state index in [4.69, 9.17) is 0 Å². The Bertz CT molecular complexity index is 489. The van der Waals surface area contributed by atoms with Gasteiger partial charge in [-0.25, -0.2) is 8.42 Å². The molecule has 0 amide bonds. The minimum absolute atomic E-state index is 0.00471. The fraction of sp³-hybridized carbons (Fsp3) is 0.583. The van der Waals surface area contributed by atoms with Crippen molar-refractivity contribution in [1.82, 2.24) is 14.6 Å². The minimum atomic E-state index is -3.33. The molecule has 1 saturated heterocycles. The molecule has 100 valence electrons. The third kappa shape index (κ3) is 2.55. The number of sulfonamides is 1. The predicted octanol–water partition coefficient (Wildman–Crippen LogP) is 0.766. The van der Waals surface area contributed by atoms with E-state index in [0.29, 0.717) is 25.3 Å². The molecular weight excluding hydrogens is 250 g/mol. The quantitative estimate of drug-likeness (QED) is 0.880. The standard InChI is InChI=1S/C12H19N3O2S/c1-10-9-13-7-8-15(10)18(16,17)11(2)12-5-3-4-6-14-12/h3-6,10-11,13H,7-9H2,1-2H3/t10-,11+/m1/s1. The fourth-order valence-corrected chi connectivity index (χ4v) is 3.95.